The third-order valence-electron chi connectivity index (χ3n) is 5.03. The summed E-state index contributed by atoms with van der Waals surface area (Å²) in [6.07, 6.45) is 5.87. The Morgan fingerprint density at radius 3 is 2.53 bits per heavy atom. The van der Waals surface area contributed by atoms with Crippen molar-refractivity contribution in [2.24, 2.45) is 22.7 Å². The minimum atomic E-state index is 0.607. The molecule has 1 spiro atoms. The topological polar surface area (TPSA) is 12.0 Å². The van der Waals surface area contributed by atoms with Crippen molar-refractivity contribution >= 4 is 0 Å². The molecule has 2 saturated carbocycles. The van der Waals surface area contributed by atoms with Gasteiger partial charge in [-0.15, -0.1) is 0 Å². The summed E-state index contributed by atoms with van der Waals surface area (Å²) in [7, 11) is 0. The zero-order chi connectivity index (χ0) is 11.1. The molecule has 88 valence electrons. The van der Waals surface area contributed by atoms with E-state index in [9.17, 15) is 0 Å². The summed E-state index contributed by atoms with van der Waals surface area (Å²) in [4.78, 5) is 0. The molecule has 1 nitrogen and oxygen atoms in total. The van der Waals surface area contributed by atoms with Crippen molar-refractivity contribution in [3.8, 4) is 0 Å². The lowest BCUT2D eigenvalue weighted by molar-refractivity contribution is 0.101. The lowest BCUT2D eigenvalue weighted by Gasteiger charge is -2.40. The van der Waals surface area contributed by atoms with Crippen LogP contribution in [0.2, 0.25) is 0 Å². The normalized spacial score (nSPS) is 43.2. The van der Waals surface area contributed by atoms with Crippen molar-refractivity contribution in [2.75, 3.05) is 13.1 Å². The molecule has 1 N–H and O–H groups in total. The zero-order valence-corrected chi connectivity index (χ0v) is 10.9. The molecule has 3 unspecified atom stereocenters. The number of hydrogen-bond acceptors (Lipinski definition) is 1. The van der Waals surface area contributed by atoms with Crippen molar-refractivity contribution in [1.29, 1.82) is 0 Å². The molecule has 0 aromatic carbocycles. The molecule has 3 atom stereocenters. The highest BCUT2D eigenvalue weighted by Crippen LogP contribution is 2.66. The Morgan fingerprint density at radius 2 is 1.93 bits per heavy atom. The summed E-state index contributed by atoms with van der Waals surface area (Å²) >= 11 is 0. The summed E-state index contributed by atoms with van der Waals surface area (Å²) < 4.78 is 0. The number of rotatable bonds is 3. The largest absolute Gasteiger partial charge is 0.317 e. The van der Waals surface area contributed by atoms with E-state index in [1.54, 1.807) is 0 Å². The van der Waals surface area contributed by atoms with Crippen LogP contribution in [0.25, 0.3) is 0 Å². The number of hydrogen-bond donors (Lipinski definition) is 1. The molecular formula is C14H27N. The average molecular weight is 209 g/mol. The quantitative estimate of drug-likeness (QED) is 0.750. The SMILES string of the molecule is CCNCC1CC12CCC(C)(C)CC2C. The highest BCUT2D eigenvalue weighted by atomic mass is 14.9. The van der Waals surface area contributed by atoms with E-state index in [0.717, 1.165) is 23.8 Å². The lowest BCUT2D eigenvalue weighted by Crippen LogP contribution is -2.32. The summed E-state index contributed by atoms with van der Waals surface area (Å²) in [5.74, 6) is 1.94. The van der Waals surface area contributed by atoms with Crippen LogP contribution in [0.3, 0.4) is 0 Å². The van der Waals surface area contributed by atoms with Crippen molar-refractivity contribution in [3.63, 3.8) is 0 Å². The van der Waals surface area contributed by atoms with Crippen molar-refractivity contribution < 1.29 is 0 Å². The molecule has 2 rings (SSSR count). The fourth-order valence-electron chi connectivity index (χ4n) is 3.86. The fraction of sp³-hybridized carbons (Fsp3) is 1.00. The Bertz CT molecular complexity index is 233. The second-order valence-electron chi connectivity index (χ2n) is 6.71. The highest BCUT2D eigenvalue weighted by Gasteiger charge is 2.58. The Morgan fingerprint density at radius 1 is 1.20 bits per heavy atom. The van der Waals surface area contributed by atoms with Crippen LogP contribution in [0.15, 0.2) is 0 Å². The Balaban J connectivity index is 1.90. The first-order valence-electron chi connectivity index (χ1n) is 6.71. The van der Waals surface area contributed by atoms with Gasteiger partial charge in [-0.2, -0.15) is 0 Å². The van der Waals surface area contributed by atoms with E-state index < -0.39 is 0 Å². The Kier molecular flexibility index (Phi) is 2.87. The van der Waals surface area contributed by atoms with E-state index in [1.165, 1.54) is 32.2 Å². The van der Waals surface area contributed by atoms with Crippen LogP contribution in [0.1, 0.15) is 53.4 Å². The molecule has 15 heavy (non-hydrogen) atoms. The molecule has 2 fully saturated rings. The smallest absolute Gasteiger partial charge is 0.00150 e. The maximum Gasteiger partial charge on any atom is -0.00150 e. The van der Waals surface area contributed by atoms with Crippen LogP contribution in [0, 0.1) is 22.7 Å². The second-order valence-corrected chi connectivity index (χ2v) is 6.71. The molecule has 0 aromatic heterocycles. The maximum atomic E-state index is 3.52. The lowest BCUT2D eigenvalue weighted by atomic mass is 9.65. The Labute approximate surface area is 95.0 Å². The van der Waals surface area contributed by atoms with Crippen LogP contribution >= 0.6 is 0 Å². The first-order valence-corrected chi connectivity index (χ1v) is 6.71. The van der Waals surface area contributed by atoms with Gasteiger partial charge < -0.3 is 5.32 Å². The van der Waals surface area contributed by atoms with E-state index in [-0.39, 0.29) is 0 Å². The van der Waals surface area contributed by atoms with Crippen LogP contribution in [-0.2, 0) is 0 Å². The van der Waals surface area contributed by atoms with Crippen LogP contribution in [-0.4, -0.2) is 13.1 Å². The molecule has 0 amide bonds. The van der Waals surface area contributed by atoms with Gasteiger partial charge in [-0.3, -0.25) is 0 Å². The first kappa shape index (κ1) is 11.4. The van der Waals surface area contributed by atoms with Gasteiger partial charge in [-0.1, -0.05) is 27.7 Å². The summed E-state index contributed by atoms with van der Waals surface area (Å²) in [5.41, 5.74) is 1.35. The molecule has 0 aromatic rings. The third kappa shape index (κ3) is 2.08. The monoisotopic (exact) mass is 209 g/mol. The fourth-order valence-corrected chi connectivity index (χ4v) is 3.86. The third-order valence-corrected chi connectivity index (χ3v) is 5.03. The predicted molar refractivity (Wildman–Crippen MR) is 65.9 cm³/mol. The standard InChI is InChI=1S/C14H27N/c1-5-15-10-12-9-14(12)7-6-13(3,4)8-11(14)2/h11-12,15H,5-10H2,1-4H3. The number of nitrogens with one attached hydrogen (secondary N) is 1. The molecule has 0 bridgehead atoms. The molecule has 0 saturated heterocycles. The van der Waals surface area contributed by atoms with Gasteiger partial charge in [0.15, 0.2) is 0 Å². The highest BCUT2D eigenvalue weighted by molar-refractivity contribution is 5.09. The van der Waals surface area contributed by atoms with Gasteiger partial charge in [0.2, 0.25) is 0 Å². The van der Waals surface area contributed by atoms with Gasteiger partial charge in [0.25, 0.3) is 0 Å². The molecule has 1 heteroatoms. The first-order chi connectivity index (χ1) is 7.00. The molecular weight excluding hydrogens is 182 g/mol. The van der Waals surface area contributed by atoms with Gasteiger partial charge in [0.1, 0.15) is 0 Å². The predicted octanol–water partition coefficient (Wildman–Crippen LogP) is 3.45. The molecule has 0 heterocycles. The molecule has 0 radical (unpaired) electrons. The van der Waals surface area contributed by atoms with E-state index >= 15 is 0 Å². The van der Waals surface area contributed by atoms with Crippen molar-refractivity contribution in [3.05, 3.63) is 0 Å². The van der Waals surface area contributed by atoms with E-state index in [2.05, 4.69) is 33.0 Å². The average Bonchev–Trinajstić information content (AvgIpc) is 2.84. The van der Waals surface area contributed by atoms with Gasteiger partial charge >= 0.3 is 0 Å². The van der Waals surface area contributed by atoms with Gasteiger partial charge in [-0.25, -0.2) is 0 Å². The molecule has 2 aliphatic rings. The van der Waals surface area contributed by atoms with E-state index in [0.29, 0.717) is 5.41 Å². The van der Waals surface area contributed by atoms with Gasteiger partial charge in [-0.05, 0) is 61.4 Å². The molecule has 0 aliphatic heterocycles. The van der Waals surface area contributed by atoms with Gasteiger partial charge in [0.05, 0.1) is 0 Å². The van der Waals surface area contributed by atoms with Gasteiger partial charge in [0, 0.05) is 0 Å². The maximum absolute atomic E-state index is 3.52. The minimum Gasteiger partial charge on any atom is -0.317 e. The summed E-state index contributed by atoms with van der Waals surface area (Å²) in [6, 6.07) is 0. The summed E-state index contributed by atoms with van der Waals surface area (Å²) in [6.45, 7) is 12.0. The van der Waals surface area contributed by atoms with Crippen LogP contribution < -0.4 is 5.32 Å². The van der Waals surface area contributed by atoms with Crippen molar-refractivity contribution in [2.45, 2.75) is 53.4 Å². The van der Waals surface area contributed by atoms with Crippen LogP contribution in [0.4, 0.5) is 0 Å². The van der Waals surface area contributed by atoms with Crippen molar-refractivity contribution in [1.82, 2.24) is 5.32 Å². The van der Waals surface area contributed by atoms with Crippen LogP contribution in [0.5, 0.6) is 0 Å². The second kappa shape index (κ2) is 3.76. The minimum absolute atomic E-state index is 0.607. The zero-order valence-electron chi connectivity index (χ0n) is 10.9. The van der Waals surface area contributed by atoms with E-state index in [1.807, 2.05) is 0 Å². The summed E-state index contributed by atoms with van der Waals surface area (Å²) in [5, 5.41) is 3.52. The Hall–Kier alpha value is -0.0400. The van der Waals surface area contributed by atoms with E-state index in [4.69, 9.17) is 0 Å². The molecule has 2 aliphatic carbocycles.